The maximum atomic E-state index is 12.5. The minimum atomic E-state index is -0.630. The molecule has 1 saturated heterocycles. The zero-order valence-electron chi connectivity index (χ0n) is 10.8. The number of nitrogens with one attached hydrogen (secondary N) is 1. The van der Waals surface area contributed by atoms with Crippen molar-refractivity contribution in [3.05, 3.63) is 24.3 Å². The fraction of sp³-hybridized carbons (Fsp3) is 0.600. The summed E-state index contributed by atoms with van der Waals surface area (Å²) in [4.78, 5) is 17.1. The first-order chi connectivity index (χ1) is 9.32. The van der Waals surface area contributed by atoms with Gasteiger partial charge in [0.25, 0.3) is 5.91 Å². The molecule has 19 heavy (non-hydrogen) atoms. The highest BCUT2D eigenvalue weighted by molar-refractivity contribution is 6.01. The molecule has 4 nitrogen and oxygen atoms in total. The van der Waals surface area contributed by atoms with Gasteiger partial charge in [-0.25, -0.2) is 0 Å². The van der Waals surface area contributed by atoms with E-state index in [9.17, 15) is 4.79 Å². The van der Waals surface area contributed by atoms with Crippen LogP contribution in [0.3, 0.4) is 0 Å². The predicted molar refractivity (Wildman–Crippen MR) is 71.8 cm³/mol. The molecule has 4 heteroatoms. The van der Waals surface area contributed by atoms with Crippen LogP contribution < -0.4 is 5.32 Å². The third-order valence-electron chi connectivity index (χ3n) is 5.03. The molecule has 1 N–H and O–H groups in total. The summed E-state index contributed by atoms with van der Waals surface area (Å²) in [6.45, 7) is 0. The first kappa shape index (κ1) is 11.4. The van der Waals surface area contributed by atoms with Gasteiger partial charge in [-0.15, -0.1) is 0 Å². The van der Waals surface area contributed by atoms with Crippen molar-refractivity contribution < 1.29 is 9.53 Å². The third kappa shape index (κ3) is 1.43. The summed E-state index contributed by atoms with van der Waals surface area (Å²) in [7, 11) is 0. The van der Waals surface area contributed by atoms with Gasteiger partial charge in [0, 0.05) is 11.8 Å². The fourth-order valence-corrected chi connectivity index (χ4v) is 4.20. The van der Waals surface area contributed by atoms with Crippen LogP contribution in [0.5, 0.6) is 0 Å². The van der Waals surface area contributed by atoms with E-state index >= 15 is 0 Å². The molecule has 1 amide bonds. The van der Waals surface area contributed by atoms with E-state index in [1.165, 1.54) is 12.8 Å². The molecular formula is C15H18N2O2. The quantitative estimate of drug-likeness (QED) is 0.717. The Bertz CT molecular complexity index is 496. The van der Waals surface area contributed by atoms with E-state index in [2.05, 4.69) is 22.5 Å². The Morgan fingerprint density at radius 2 is 2.11 bits per heavy atom. The van der Waals surface area contributed by atoms with Crippen LogP contribution in [0.15, 0.2) is 29.3 Å². The van der Waals surface area contributed by atoms with Crippen LogP contribution in [-0.4, -0.2) is 30.0 Å². The van der Waals surface area contributed by atoms with E-state index in [4.69, 9.17) is 4.74 Å². The lowest BCUT2D eigenvalue weighted by Gasteiger charge is -2.51. The summed E-state index contributed by atoms with van der Waals surface area (Å²) in [6.07, 6.45) is 14.4. The van der Waals surface area contributed by atoms with E-state index in [1.54, 1.807) is 6.34 Å². The second-order valence-electron chi connectivity index (χ2n) is 5.88. The summed E-state index contributed by atoms with van der Waals surface area (Å²) in [5.74, 6) is 0.315. The fourth-order valence-electron chi connectivity index (χ4n) is 4.20. The van der Waals surface area contributed by atoms with Gasteiger partial charge in [-0.1, -0.05) is 37.1 Å². The van der Waals surface area contributed by atoms with Gasteiger partial charge in [-0.3, -0.25) is 9.79 Å². The van der Waals surface area contributed by atoms with Crippen LogP contribution in [0.1, 0.15) is 25.7 Å². The van der Waals surface area contributed by atoms with Crippen molar-refractivity contribution in [3.8, 4) is 0 Å². The summed E-state index contributed by atoms with van der Waals surface area (Å²) in [5.41, 5.74) is -0.630. The summed E-state index contributed by atoms with van der Waals surface area (Å²) in [6, 6.07) is 0. The van der Waals surface area contributed by atoms with Gasteiger partial charge in [0.15, 0.2) is 5.54 Å². The highest BCUT2D eigenvalue weighted by atomic mass is 16.5. The Morgan fingerprint density at radius 1 is 1.26 bits per heavy atom. The highest BCUT2D eigenvalue weighted by Gasteiger charge is 2.61. The number of fused-ring (bicyclic) bond motifs is 4. The SMILES string of the molecule is O=C1NC=NC12C1C=CC=CC1OC1CCCCC12. The maximum Gasteiger partial charge on any atom is 0.254 e. The topological polar surface area (TPSA) is 50.7 Å². The number of rotatable bonds is 0. The third-order valence-corrected chi connectivity index (χ3v) is 5.03. The molecule has 2 aliphatic heterocycles. The molecule has 1 saturated carbocycles. The van der Waals surface area contributed by atoms with E-state index in [0.717, 1.165) is 12.8 Å². The van der Waals surface area contributed by atoms with Gasteiger partial charge >= 0.3 is 0 Å². The van der Waals surface area contributed by atoms with Crippen molar-refractivity contribution in [1.82, 2.24) is 5.32 Å². The number of hydrogen-bond donors (Lipinski definition) is 1. The number of nitrogens with zero attached hydrogens (tertiary/aromatic N) is 1. The number of allylic oxidation sites excluding steroid dienone is 2. The summed E-state index contributed by atoms with van der Waals surface area (Å²) >= 11 is 0. The minimum absolute atomic E-state index is 0.00894. The number of hydrogen-bond acceptors (Lipinski definition) is 3. The predicted octanol–water partition coefficient (Wildman–Crippen LogP) is 1.58. The lowest BCUT2D eigenvalue weighted by molar-refractivity contribution is -0.158. The average molecular weight is 258 g/mol. The molecule has 2 heterocycles. The number of ether oxygens (including phenoxy) is 1. The van der Waals surface area contributed by atoms with Gasteiger partial charge in [-0.2, -0.15) is 0 Å². The Morgan fingerprint density at radius 3 is 2.95 bits per heavy atom. The van der Waals surface area contributed by atoms with Gasteiger partial charge in [0.2, 0.25) is 0 Å². The molecule has 4 aliphatic rings. The Labute approximate surface area is 112 Å². The van der Waals surface area contributed by atoms with Gasteiger partial charge < -0.3 is 10.1 Å². The normalized spacial score (nSPS) is 47.1. The molecule has 0 aromatic rings. The van der Waals surface area contributed by atoms with Crippen molar-refractivity contribution in [1.29, 1.82) is 0 Å². The maximum absolute atomic E-state index is 12.5. The minimum Gasteiger partial charge on any atom is -0.370 e. The lowest BCUT2D eigenvalue weighted by Crippen LogP contribution is -2.63. The van der Waals surface area contributed by atoms with Crippen LogP contribution in [0.25, 0.3) is 0 Å². The zero-order chi connectivity index (χ0) is 12.9. The van der Waals surface area contributed by atoms with Crippen LogP contribution in [0.4, 0.5) is 0 Å². The van der Waals surface area contributed by atoms with Crippen molar-refractivity contribution in [2.24, 2.45) is 16.8 Å². The Balaban J connectivity index is 1.82. The van der Waals surface area contributed by atoms with Crippen molar-refractivity contribution in [2.75, 3.05) is 0 Å². The molecule has 2 aliphatic carbocycles. The second-order valence-corrected chi connectivity index (χ2v) is 5.88. The Hall–Kier alpha value is -1.42. The standard InChI is InChI=1S/C15H18N2O2/c18-14-15(17-9-16-14)10-5-1-3-7-12(10)19-13-8-4-2-6-11(13)15/h1,3,5,7,9-13H,2,4,6,8H2,(H,16,17,18). The molecule has 0 aromatic carbocycles. The molecule has 5 unspecified atom stereocenters. The molecule has 0 radical (unpaired) electrons. The number of amides is 1. The van der Waals surface area contributed by atoms with Crippen LogP contribution in [-0.2, 0) is 9.53 Å². The van der Waals surface area contributed by atoms with Gasteiger partial charge in [0.05, 0.1) is 18.5 Å². The van der Waals surface area contributed by atoms with Crippen LogP contribution >= 0.6 is 0 Å². The zero-order valence-corrected chi connectivity index (χ0v) is 10.8. The second kappa shape index (κ2) is 4.04. The molecule has 2 fully saturated rings. The monoisotopic (exact) mass is 258 g/mol. The molecule has 0 bridgehead atoms. The highest BCUT2D eigenvalue weighted by Crippen LogP contribution is 2.50. The van der Waals surface area contributed by atoms with Gasteiger partial charge in [0.1, 0.15) is 0 Å². The molecule has 100 valence electrons. The first-order valence-corrected chi connectivity index (χ1v) is 7.17. The van der Waals surface area contributed by atoms with Crippen molar-refractivity contribution in [3.63, 3.8) is 0 Å². The largest absolute Gasteiger partial charge is 0.370 e. The van der Waals surface area contributed by atoms with Crippen molar-refractivity contribution in [2.45, 2.75) is 43.4 Å². The Kier molecular flexibility index (Phi) is 2.42. The smallest absolute Gasteiger partial charge is 0.254 e. The lowest BCUT2D eigenvalue weighted by atomic mass is 9.62. The van der Waals surface area contributed by atoms with E-state index < -0.39 is 5.54 Å². The van der Waals surface area contributed by atoms with E-state index in [-0.39, 0.29) is 30.0 Å². The number of aliphatic imine (C=N–C) groups is 1. The van der Waals surface area contributed by atoms with Crippen molar-refractivity contribution >= 4 is 12.2 Å². The van der Waals surface area contributed by atoms with Crippen LogP contribution in [0, 0.1) is 11.8 Å². The number of carbonyl (C=O) groups is 1. The van der Waals surface area contributed by atoms with Crippen LogP contribution in [0.2, 0.25) is 0 Å². The summed E-state index contributed by atoms with van der Waals surface area (Å²) in [5, 5.41) is 2.80. The first-order valence-electron chi connectivity index (χ1n) is 7.17. The molecule has 1 spiro atoms. The summed E-state index contributed by atoms with van der Waals surface area (Å²) < 4.78 is 6.24. The van der Waals surface area contributed by atoms with Gasteiger partial charge in [-0.05, 0) is 12.8 Å². The van der Waals surface area contributed by atoms with E-state index in [1.807, 2.05) is 12.2 Å². The molecular weight excluding hydrogens is 240 g/mol. The molecule has 5 atom stereocenters. The number of carbonyl (C=O) groups excluding carboxylic acids is 1. The average Bonchev–Trinajstić information content (AvgIpc) is 2.82. The molecule has 0 aromatic heterocycles. The van der Waals surface area contributed by atoms with E-state index in [0.29, 0.717) is 0 Å². The molecule has 4 rings (SSSR count).